The Morgan fingerprint density at radius 1 is 1.30 bits per heavy atom. The monoisotopic (exact) mass is 272 g/mol. The quantitative estimate of drug-likeness (QED) is 0.580. The van der Waals surface area contributed by atoms with E-state index < -0.39 is 0 Å². The van der Waals surface area contributed by atoms with E-state index in [9.17, 15) is 0 Å². The van der Waals surface area contributed by atoms with Gasteiger partial charge < -0.3 is 16.0 Å². The Morgan fingerprint density at radius 3 is 2.60 bits per heavy atom. The van der Waals surface area contributed by atoms with Crippen LogP contribution in [0.2, 0.25) is 0 Å². The molecule has 0 radical (unpaired) electrons. The fourth-order valence-corrected chi connectivity index (χ4v) is 1.45. The van der Waals surface area contributed by atoms with Crippen LogP contribution in [0.15, 0.2) is 36.7 Å². The Bertz CT molecular complexity index is 593. The Balaban J connectivity index is 0.000000612. The van der Waals surface area contributed by atoms with Crippen molar-refractivity contribution in [2.45, 2.75) is 0 Å². The predicted octanol–water partition coefficient (Wildman–Crippen LogP) is 1.77. The molecule has 104 valence electrons. The summed E-state index contributed by atoms with van der Waals surface area (Å²) in [5.74, 6) is 1.14. The van der Waals surface area contributed by atoms with Crippen LogP contribution >= 0.6 is 0 Å². The molecular formula is C13H16N6O. The molecule has 4 N–H and O–H groups in total. The summed E-state index contributed by atoms with van der Waals surface area (Å²) in [6.07, 6.45) is 2.19. The van der Waals surface area contributed by atoms with E-state index in [1.807, 2.05) is 43.3 Å². The summed E-state index contributed by atoms with van der Waals surface area (Å²) < 4.78 is 0. The van der Waals surface area contributed by atoms with Gasteiger partial charge >= 0.3 is 0 Å². The average Bonchev–Trinajstić information content (AvgIpc) is 2.40. The van der Waals surface area contributed by atoms with Crippen molar-refractivity contribution in [3.05, 3.63) is 36.7 Å². The summed E-state index contributed by atoms with van der Waals surface area (Å²) in [7, 11) is 4.00. The number of anilines is 4. The first-order chi connectivity index (χ1) is 9.56. The van der Waals surface area contributed by atoms with E-state index >= 15 is 0 Å². The second-order valence-electron chi connectivity index (χ2n) is 4.00. The zero-order valence-corrected chi connectivity index (χ0v) is 11.3. The van der Waals surface area contributed by atoms with Crippen LogP contribution in [-0.4, -0.2) is 30.1 Å². The molecule has 7 nitrogen and oxygen atoms in total. The number of nitrogens with zero attached hydrogens (tertiary/aromatic N) is 3. The normalized spacial score (nSPS) is 8.90. The van der Waals surface area contributed by atoms with E-state index in [0.29, 0.717) is 11.6 Å². The van der Waals surface area contributed by atoms with Gasteiger partial charge in [0.25, 0.3) is 0 Å². The number of isocyanates is 1. The number of hydrogen-bond acceptors (Lipinski definition) is 7. The highest BCUT2D eigenvalue weighted by molar-refractivity contribution is 5.63. The van der Waals surface area contributed by atoms with Crippen molar-refractivity contribution < 1.29 is 4.79 Å². The molecule has 0 saturated carbocycles. The Labute approximate surface area is 117 Å². The topological polar surface area (TPSA) is 108 Å². The largest absolute Gasteiger partial charge is 0.384 e. The summed E-state index contributed by atoms with van der Waals surface area (Å²) in [6.45, 7) is 0. The van der Waals surface area contributed by atoms with Crippen LogP contribution in [0.25, 0.3) is 0 Å². The summed E-state index contributed by atoms with van der Waals surface area (Å²) in [5, 5.41) is 8.59. The Morgan fingerprint density at radius 2 is 2.00 bits per heavy atom. The summed E-state index contributed by atoms with van der Waals surface area (Å²) in [5.41, 5.74) is 7.68. The zero-order chi connectivity index (χ0) is 15.0. The first-order valence-corrected chi connectivity index (χ1v) is 5.72. The van der Waals surface area contributed by atoms with E-state index in [4.69, 9.17) is 15.9 Å². The van der Waals surface area contributed by atoms with Crippen LogP contribution in [0.1, 0.15) is 0 Å². The third kappa shape index (κ3) is 4.75. The van der Waals surface area contributed by atoms with Gasteiger partial charge in [0.1, 0.15) is 18.0 Å². The molecule has 2 aromatic rings. The van der Waals surface area contributed by atoms with Gasteiger partial charge in [-0.05, 0) is 18.2 Å². The minimum absolute atomic E-state index is 0.450. The molecule has 1 heterocycles. The fourth-order valence-electron chi connectivity index (χ4n) is 1.45. The molecule has 0 aliphatic rings. The van der Waals surface area contributed by atoms with Crippen LogP contribution in [-0.2, 0) is 4.79 Å². The fraction of sp³-hybridized carbons (Fsp3) is 0.154. The number of nitrogens with two attached hydrogens (primary N) is 1. The average molecular weight is 272 g/mol. The highest BCUT2D eigenvalue weighted by Gasteiger charge is 1.99. The van der Waals surface area contributed by atoms with Crippen molar-refractivity contribution in [3.63, 3.8) is 0 Å². The number of hydrogen-bond donors (Lipinski definition) is 3. The smallest absolute Gasteiger partial charge is 0.231 e. The third-order valence-electron chi connectivity index (χ3n) is 2.32. The van der Waals surface area contributed by atoms with Gasteiger partial charge in [0.15, 0.2) is 0 Å². The summed E-state index contributed by atoms with van der Waals surface area (Å²) in [4.78, 5) is 18.3. The second kappa shape index (κ2) is 7.50. The lowest BCUT2D eigenvalue weighted by Gasteiger charge is -2.14. The van der Waals surface area contributed by atoms with Gasteiger partial charge in [0, 0.05) is 31.5 Å². The maximum atomic E-state index is 8.35. The molecule has 0 bridgehead atoms. The number of nitrogen functional groups attached to an aromatic ring is 1. The zero-order valence-electron chi connectivity index (χ0n) is 11.3. The number of nitrogens with one attached hydrogen (secondary N) is 2. The molecule has 0 atom stereocenters. The van der Waals surface area contributed by atoms with Gasteiger partial charge in [-0.1, -0.05) is 6.07 Å². The first kappa shape index (κ1) is 15.1. The van der Waals surface area contributed by atoms with Gasteiger partial charge in [0.2, 0.25) is 6.08 Å². The molecular weight excluding hydrogens is 256 g/mol. The van der Waals surface area contributed by atoms with Crippen molar-refractivity contribution in [1.29, 1.82) is 5.41 Å². The maximum Gasteiger partial charge on any atom is 0.231 e. The van der Waals surface area contributed by atoms with E-state index in [-0.39, 0.29) is 0 Å². The molecule has 0 unspecified atom stereocenters. The third-order valence-corrected chi connectivity index (χ3v) is 2.32. The summed E-state index contributed by atoms with van der Waals surface area (Å²) in [6, 6.07) is 9.74. The molecule has 1 aromatic carbocycles. The van der Waals surface area contributed by atoms with E-state index in [1.54, 1.807) is 6.07 Å². The van der Waals surface area contributed by atoms with Crippen molar-refractivity contribution in [2.24, 2.45) is 0 Å². The second-order valence-corrected chi connectivity index (χ2v) is 4.00. The van der Waals surface area contributed by atoms with Crippen LogP contribution < -0.4 is 16.0 Å². The molecule has 0 saturated heterocycles. The Hall–Kier alpha value is -2.92. The molecule has 7 heteroatoms. The molecule has 0 amide bonds. The first-order valence-electron chi connectivity index (χ1n) is 5.72. The van der Waals surface area contributed by atoms with Gasteiger partial charge in [-0.3, -0.25) is 0 Å². The molecule has 2 rings (SSSR count). The van der Waals surface area contributed by atoms with E-state index in [0.717, 1.165) is 17.5 Å². The van der Waals surface area contributed by atoms with Gasteiger partial charge in [-0.15, -0.1) is 0 Å². The van der Waals surface area contributed by atoms with Crippen molar-refractivity contribution in [3.8, 4) is 0 Å². The highest BCUT2D eigenvalue weighted by atomic mass is 16.1. The van der Waals surface area contributed by atoms with Crippen molar-refractivity contribution >= 4 is 29.1 Å². The van der Waals surface area contributed by atoms with Crippen molar-refractivity contribution in [1.82, 2.24) is 9.97 Å². The summed E-state index contributed by atoms with van der Waals surface area (Å²) >= 11 is 0. The lowest BCUT2D eigenvalue weighted by Crippen LogP contribution is -2.08. The number of carbonyl (C=O) groups excluding carboxylic acids is 1. The van der Waals surface area contributed by atoms with Gasteiger partial charge in [-0.25, -0.2) is 20.2 Å². The minimum Gasteiger partial charge on any atom is -0.384 e. The van der Waals surface area contributed by atoms with Gasteiger partial charge in [-0.2, -0.15) is 0 Å². The SMILES string of the molecule is CN(C)c1cccc(Nc2cc(N)ncn2)c1.N=C=O. The molecule has 1 aromatic heterocycles. The van der Waals surface area contributed by atoms with E-state index in [2.05, 4.69) is 15.3 Å². The van der Waals surface area contributed by atoms with E-state index in [1.165, 1.54) is 6.33 Å². The predicted molar refractivity (Wildman–Crippen MR) is 78.9 cm³/mol. The number of benzene rings is 1. The van der Waals surface area contributed by atoms with Crippen LogP contribution in [0.4, 0.5) is 23.0 Å². The lowest BCUT2D eigenvalue weighted by molar-refractivity contribution is 0.563. The Kier molecular flexibility index (Phi) is 5.68. The standard InChI is InChI=1S/C12H15N5.CHNO/c1-17(2)10-5-3-4-9(6-10)16-12-7-11(13)14-8-15-12;2-1-3/h3-8H,1-2H3,(H3,13,14,15,16);2H. The molecule has 0 aliphatic carbocycles. The number of rotatable bonds is 3. The lowest BCUT2D eigenvalue weighted by atomic mass is 10.2. The van der Waals surface area contributed by atoms with Gasteiger partial charge in [0.05, 0.1) is 0 Å². The molecule has 0 fully saturated rings. The minimum atomic E-state index is 0.450. The van der Waals surface area contributed by atoms with Crippen LogP contribution in [0.3, 0.4) is 0 Å². The van der Waals surface area contributed by atoms with Crippen LogP contribution in [0.5, 0.6) is 0 Å². The van der Waals surface area contributed by atoms with Crippen LogP contribution in [0, 0.1) is 5.41 Å². The number of aromatic nitrogens is 2. The molecule has 0 aliphatic heterocycles. The molecule has 0 spiro atoms. The maximum absolute atomic E-state index is 8.35. The van der Waals surface area contributed by atoms with Crippen molar-refractivity contribution in [2.75, 3.05) is 30.0 Å². The molecule has 20 heavy (non-hydrogen) atoms. The highest BCUT2D eigenvalue weighted by Crippen LogP contribution is 2.20.